The number of nitrogens with zero attached hydrogens (tertiary/aromatic N) is 1. The molecule has 1 heterocycles. The Bertz CT molecular complexity index is 992. The third-order valence-corrected chi connectivity index (χ3v) is 6.28. The van der Waals surface area contributed by atoms with E-state index >= 15 is 0 Å². The molecule has 2 aromatic rings. The van der Waals surface area contributed by atoms with Crippen molar-refractivity contribution in [2.45, 2.75) is 65.8 Å². The number of amides is 2. The van der Waals surface area contributed by atoms with Crippen molar-refractivity contribution in [3.05, 3.63) is 82.7 Å². The summed E-state index contributed by atoms with van der Waals surface area (Å²) < 4.78 is 19.5. The van der Waals surface area contributed by atoms with Crippen molar-refractivity contribution < 1.29 is 18.7 Å². The second-order valence-corrected chi connectivity index (χ2v) is 9.68. The van der Waals surface area contributed by atoms with Gasteiger partial charge in [0.25, 0.3) is 0 Å². The molecule has 34 heavy (non-hydrogen) atoms. The minimum absolute atomic E-state index is 0.198. The average molecular weight is 466 g/mol. The number of hydrogen-bond acceptors (Lipinski definition) is 3. The fourth-order valence-electron chi connectivity index (χ4n) is 4.56. The van der Waals surface area contributed by atoms with E-state index in [4.69, 9.17) is 4.74 Å². The van der Waals surface area contributed by atoms with Gasteiger partial charge in [-0.3, -0.25) is 4.79 Å². The number of imide groups is 1. The molecule has 0 saturated carbocycles. The van der Waals surface area contributed by atoms with Gasteiger partial charge in [-0.1, -0.05) is 68.5 Å². The van der Waals surface area contributed by atoms with Gasteiger partial charge in [-0.05, 0) is 74.1 Å². The van der Waals surface area contributed by atoms with Gasteiger partial charge in [0.05, 0.1) is 6.04 Å². The van der Waals surface area contributed by atoms with Crippen molar-refractivity contribution in [2.24, 2.45) is 11.8 Å². The van der Waals surface area contributed by atoms with Crippen LogP contribution in [0.2, 0.25) is 0 Å². The molecule has 4 nitrogen and oxygen atoms in total. The van der Waals surface area contributed by atoms with E-state index in [1.54, 1.807) is 13.8 Å². The number of aryl methyl sites for hydroxylation is 2. The van der Waals surface area contributed by atoms with Gasteiger partial charge >= 0.3 is 6.09 Å². The van der Waals surface area contributed by atoms with E-state index < -0.39 is 6.09 Å². The Labute approximate surface area is 202 Å². The average Bonchev–Trinajstić information content (AvgIpc) is 3.16. The standard InChI is InChI=1S/C29H36FNO3/c1-20(2)11-7-5-10-14-25(17-24-15-21(3)27(30)22(4)16-24)28(32)31-26(19-34-29(31)33)18-23-12-8-6-9-13-23/h6-9,11-13,15-16,20,25-26H,5,10,14,17-19H2,1-4H3/b11-7+/t25-,26+/m0/s1. The topological polar surface area (TPSA) is 46.6 Å². The highest BCUT2D eigenvalue weighted by molar-refractivity contribution is 5.95. The van der Waals surface area contributed by atoms with Crippen LogP contribution in [0.4, 0.5) is 9.18 Å². The van der Waals surface area contributed by atoms with Crippen LogP contribution in [0.15, 0.2) is 54.6 Å². The molecule has 1 aliphatic heterocycles. The number of ether oxygens (including phenoxy) is 1. The molecular weight excluding hydrogens is 429 g/mol. The van der Waals surface area contributed by atoms with E-state index in [-0.39, 0.29) is 30.3 Å². The minimum Gasteiger partial charge on any atom is -0.447 e. The third-order valence-electron chi connectivity index (χ3n) is 6.28. The quantitative estimate of drug-likeness (QED) is 0.294. The number of allylic oxidation sites excluding steroid dienone is 2. The van der Waals surface area contributed by atoms with Gasteiger partial charge in [-0.15, -0.1) is 0 Å². The molecule has 0 bridgehead atoms. The molecule has 5 heteroatoms. The van der Waals surface area contributed by atoms with Crippen molar-refractivity contribution in [1.29, 1.82) is 0 Å². The zero-order valence-corrected chi connectivity index (χ0v) is 20.7. The highest BCUT2D eigenvalue weighted by atomic mass is 19.1. The van der Waals surface area contributed by atoms with Crippen LogP contribution >= 0.6 is 0 Å². The van der Waals surface area contributed by atoms with Gasteiger partial charge < -0.3 is 4.74 Å². The Morgan fingerprint density at radius 1 is 1.15 bits per heavy atom. The number of halogens is 1. The maximum absolute atomic E-state index is 14.2. The van der Waals surface area contributed by atoms with Crippen LogP contribution in [0.5, 0.6) is 0 Å². The molecule has 0 unspecified atom stereocenters. The molecular formula is C29H36FNO3. The van der Waals surface area contributed by atoms with Crippen molar-refractivity contribution >= 4 is 12.0 Å². The lowest BCUT2D eigenvalue weighted by atomic mass is 9.90. The summed E-state index contributed by atoms with van der Waals surface area (Å²) in [5.41, 5.74) is 3.12. The summed E-state index contributed by atoms with van der Waals surface area (Å²) in [5.74, 6) is -0.297. The second kappa shape index (κ2) is 12.0. The van der Waals surface area contributed by atoms with E-state index in [2.05, 4.69) is 26.0 Å². The van der Waals surface area contributed by atoms with Crippen molar-refractivity contribution in [3.8, 4) is 0 Å². The van der Waals surface area contributed by atoms with Gasteiger partial charge in [-0.2, -0.15) is 0 Å². The first-order valence-corrected chi connectivity index (χ1v) is 12.2. The summed E-state index contributed by atoms with van der Waals surface area (Å²) in [6.07, 6.45) is 7.15. The van der Waals surface area contributed by atoms with Gasteiger partial charge in [-0.25, -0.2) is 14.1 Å². The summed E-state index contributed by atoms with van der Waals surface area (Å²) in [6.45, 7) is 7.96. The molecule has 182 valence electrons. The Balaban J connectivity index is 1.79. The van der Waals surface area contributed by atoms with E-state index in [0.29, 0.717) is 36.3 Å². The van der Waals surface area contributed by atoms with Gasteiger partial charge in [0.15, 0.2) is 0 Å². The molecule has 0 radical (unpaired) electrons. The molecule has 2 aromatic carbocycles. The molecule has 2 atom stereocenters. The lowest BCUT2D eigenvalue weighted by Crippen LogP contribution is -2.44. The van der Waals surface area contributed by atoms with Crippen molar-refractivity contribution in [3.63, 3.8) is 0 Å². The van der Waals surface area contributed by atoms with E-state index in [1.165, 1.54) is 4.90 Å². The highest BCUT2D eigenvalue weighted by Gasteiger charge is 2.40. The maximum Gasteiger partial charge on any atom is 0.416 e. The molecule has 0 N–H and O–H groups in total. The van der Waals surface area contributed by atoms with Crippen LogP contribution in [-0.2, 0) is 22.4 Å². The van der Waals surface area contributed by atoms with Gasteiger partial charge in [0, 0.05) is 5.92 Å². The number of cyclic esters (lactones) is 1. The van der Waals surface area contributed by atoms with Crippen LogP contribution in [0.3, 0.4) is 0 Å². The fourth-order valence-corrected chi connectivity index (χ4v) is 4.56. The number of carbonyl (C=O) groups excluding carboxylic acids is 2. The number of unbranched alkanes of at least 4 members (excludes halogenated alkanes) is 1. The first-order valence-electron chi connectivity index (χ1n) is 12.2. The van der Waals surface area contributed by atoms with Crippen LogP contribution in [0.25, 0.3) is 0 Å². The Morgan fingerprint density at radius 3 is 2.47 bits per heavy atom. The largest absolute Gasteiger partial charge is 0.447 e. The van der Waals surface area contributed by atoms with Crippen LogP contribution in [0.1, 0.15) is 55.4 Å². The summed E-state index contributed by atoms with van der Waals surface area (Å²) in [6, 6.07) is 13.1. The number of hydrogen-bond donors (Lipinski definition) is 0. The lowest BCUT2D eigenvalue weighted by molar-refractivity contribution is -0.133. The van der Waals surface area contributed by atoms with Crippen molar-refractivity contribution in [2.75, 3.05) is 6.61 Å². The summed E-state index contributed by atoms with van der Waals surface area (Å²) >= 11 is 0. The number of benzene rings is 2. The zero-order valence-electron chi connectivity index (χ0n) is 20.7. The van der Waals surface area contributed by atoms with Crippen LogP contribution < -0.4 is 0 Å². The summed E-state index contributed by atoms with van der Waals surface area (Å²) in [7, 11) is 0. The van der Waals surface area contributed by atoms with Crippen molar-refractivity contribution in [1.82, 2.24) is 4.90 Å². The third kappa shape index (κ3) is 6.78. The summed E-state index contributed by atoms with van der Waals surface area (Å²) in [5, 5.41) is 0. The van der Waals surface area contributed by atoms with Crippen LogP contribution in [-0.4, -0.2) is 29.5 Å². The minimum atomic E-state index is -0.567. The molecule has 3 rings (SSSR count). The Hall–Kier alpha value is -2.95. The van der Waals surface area contributed by atoms with E-state index in [9.17, 15) is 14.0 Å². The Morgan fingerprint density at radius 2 is 1.82 bits per heavy atom. The molecule has 0 aromatic heterocycles. The maximum atomic E-state index is 14.2. The molecule has 1 saturated heterocycles. The molecule has 1 aliphatic rings. The molecule has 1 fully saturated rings. The predicted molar refractivity (Wildman–Crippen MR) is 133 cm³/mol. The fraction of sp³-hybridized carbons (Fsp3) is 0.448. The van der Waals surface area contributed by atoms with E-state index in [0.717, 1.165) is 24.0 Å². The molecule has 2 amide bonds. The number of rotatable bonds is 10. The second-order valence-electron chi connectivity index (χ2n) is 9.68. The van der Waals surface area contributed by atoms with E-state index in [1.807, 2.05) is 42.5 Å². The summed E-state index contributed by atoms with van der Waals surface area (Å²) in [4.78, 5) is 27.6. The molecule has 0 spiro atoms. The SMILES string of the molecule is Cc1cc(C[C@H](CCC/C=C/C(C)C)C(=O)N2C(=O)OC[C@H]2Cc2ccccc2)cc(C)c1F. The van der Waals surface area contributed by atoms with Crippen LogP contribution in [0, 0.1) is 31.5 Å². The normalized spacial score (nSPS) is 16.9. The lowest BCUT2D eigenvalue weighted by Gasteiger charge is -2.25. The monoisotopic (exact) mass is 465 g/mol. The predicted octanol–water partition coefficient (Wildman–Crippen LogP) is 6.57. The Kier molecular flexibility index (Phi) is 9.03. The van der Waals surface area contributed by atoms with Gasteiger partial charge in [0.2, 0.25) is 5.91 Å². The number of carbonyl (C=O) groups is 2. The van der Waals surface area contributed by atoms with Gasteiger partial charge in [0.1, 0.15) is 12.4 Å². The zero-order chi connectivity index (χ0) is 24.7. The first-order chi connectivity index (χ1) is 16.3. The highest BCUT2D eigenvalue weighted by Crippen LogP contribution is 2.26. The first kappa shape index (κ1) is 25.7. The molecule has 0 aliphatic carbocycles. The smallest absolute Gasteiger partial charge is 0.416 e.